The second-order valence-electron chi connectivity index (χ2n) is 4.23. The number of hydrogen-bond acceptors (Lipinski definition) is 4. The third-order valence-corrected chi connectivity index (χ3v) is 2.99. The fraction of sp³-hybridized carbons (Fsp3) is 0.308. The molecule has 2 aromatic rings. The minimum absolute atomic E-state index is 0.394. The van der Waals surface area contributed by atoms with Crippen molar-refractivity contribution in [3.05, 3.63) is 42.6 Å². The number of rotatable bonds is 7. The topological polar surface area (TPSA) is 68.8 Å². The molecule has 3 N–H and O–H groups in total. The Labute approximate surface area is 117 Å². The maximum absolute atomic E-state index is 5.58. The highest BCUT2D eigenvalue weighted by atomic mass is 32.1. The Morgan fingerprint density at radius 3 is 3.00 bits per heavy atom. The number of nitrogens with one attached hydrogen (secondary N) is 1. The number of imidazole rings is 1. The van der Waals surface area contributed by atoms with Gasteiger partial charge in [-0.3, -0.25) is 0 Å². The lowest BCUT2D eigenvalue weighted by Gasteiger charge is -2.07. The SMILES string of the molecule is NC(=S)c1ccnc(NCCCCn2ccnc2)c1. The molecule has 19 heavy (non-hydrogen) atoms. The predicted molar refractivity (Wildman–Crippen MR) is 80.1 cm³/mol. The summed E-state index contributed by atoms with van der Waals surface area (Å²) in [7, 11) is 0. The van der Waals surface area contributed by atoms with E-state index in [4.69, 9.17) is 18.0 Å². The van der Waals surface area contributed by atoms with E-state index >= 15 is 0 Å². The molecule has 0 aliphatic rings. The van der Waals surface area contributed by atoms with Crippen LogP contribution in [0.3, 0.4) is 0 Å². The normalized spacial score (nSPS) is 10.3. The average molecular weight is 275 g/mol. The number of unbranched alkanes of at least 4 members (excludes halogenated alkanes) is 1. The maximum atomic E-state index is 5.58. The summed E-state index contributed by atoms with van der Waals surface area (Å²) >= 11 is 4.93. The molecule has 0 aliphatic carbocycles. The Balaban J connectivity index is 1.70. The lowest BCUT2D eigenvalue weighted by atomic mass is 10.2. The van der Waals surface area contributed by atoms with Crippen molar-refractivity contribution in [3.63, 3.8) is 0 Å². The van der Waals surface area contributed by atoms with Crippen molar-refractivity contribution in [1.82, 2.24) is 14.5 Å². The van der Waals surface area contributed by atoms with Gasteiger partial charge >= 0.3 is 0 Å². The van der Waals surface area contributed by atoms with Gasteiger partial charge in [0, 0.05) is 37.2 Å². The third kappa shape index (κ3) is 4.33. The zero-order chi connectivity index (χ0) is 13.5. The Morgan fingerprint density at radius 2 is 2.26 bits per heavy atom. The molecule has 0 radical (unpaired) electrons. The lowest BCUT2D eigenvalue weighted by Crippen LogP contribution is -2.11. The summed E-state index contributed by atoms with van der Waals surface area (Å²) in [5.41, 5.74) is 6.42. The van der Waals surface area contributed by atoms with Crippen molar-refractivity contribution in [1.29, 1.82) is 0 Å². The number of pyridine rings is 1. The summed E-state index contributed by atoms with van der Waals surface area (Å²) in [5, 5.41) is 3.27. The van der Waals surface area contributed by atoms with Crippen molar-refractivity contribution in [2.75, 3.05) is 11.9 Å². The molecule has 6 heteroatoms. The van der Waals surface area contributed by atoms with Crippen molar-refractivity contribution in [2.24, 2.45) is 5.73 Å². The molecule has 2 rings (SSSR count). The van der Waals surface area contributed by atoms with Gasteiger partial charge in [0.25, 0.3) is 0 Å². The van der Waals surface area contributed by atoms with Gasteiger partial charge in [0.1, 0.15) is 10.8 Å². The monoisotopic (exact) mass is 275 g/mol. The minimum Gasteiger partial charge on any atom is -0.389 e. The molecule has 2 aromatic heterocycles. The van der Waals surface area contributed by atoms with E-state index in [-0.39, 0.29) is 0 Å². The van der Waals surface area contributed by atoms with Crippen LogP contribution in [-0.4, -0.2) is 26.1 Å². The molecular formula is C13H17N5S. The van der Waals surface area contributed by atoms with E-state index in [9.17, 15) is 0 Å². The Morgan fingerprint density at radius 1 is 1.37 bits per heavy atom. The van der Waals surface area contributed by atoms with Crippen LogP contribution < -0.4 is 11.1 Å². The summed E-state index contributed by atoms with van der Waals surface area (Å²) in [6.07, 6.45) is 9.47. The Hall–Kier alpha value is -1.95. The van der Waals surface area contributed by atoms with Crippen LogP contribution in [0.2, 0.25) is 0 Å². The second kappa shape index (κ2) is 6.84. The second-order valence-corrected chi connectivity index (χ2v) is 4.67. The van der Waals surface area contributed by atoms with E-state index in [1.54, 1.807) is 12.4 Å². The van der Waals surface area contributed by atoms with Crippen LogP contribution >= 0.6 is 12.2 Å². The number of nitrogens with two attached hydrogens (primary N) is 1. The largest absolute Gasteiger partial charge is 0.389 e. The number of anilines is 1. The van der Waals surface area contributed by atoms with Gasteiger partial charge < -0.3 is 15.6 Å². The fourth-order valence-corrected chi connectivity index (χ4v) is 1.86. The van der Waals surface area contributed by atoms with Crippen LogP contribution in [0.1, 0.15) is 18.4 Å². The molecule has 0 spiro atoms. The van der Waals surface area contributed by atoms with Gasteiger partial charge in [-0.05, 0) is 25.0 Å². The highest BCUT2D eigenvalue weighted by Gasteiger charge is 1.99. The molecule has 0 saturated carbocycles. The first kappa shape index (κ1) is 13.5. The van der Waals surface area contributed by atoms with E-state index in [1.807, 2.05) is 24.7 Å². The van der Waals surface area contributed by atoms with Gasteiger partial charge in [0.15, 0.2) is 0 Å². The van der Waals surface area contributed by atoms with Crippen molar-refractivity contribution >= 4 is 23.0 Å². The summed E-state index contributed by atoms with van der Waals surface area (Å²) in [6.45, 7) is 1.87. The molecule has 0 bridgehead atoms. The molecule has 0 amide bonds. The highest BCUT2D eigenvalue weighted by molar-refractivity contribution is 7.80. The summed E-state index contributed by atoms with van der Waals surface area (Å²) in [4.78, 5) is 8.63. The van der Waals surface area contributed by atoms with Crippen molar-refractivity contribution < 1.29 is 0 Å². The zero-order valence-corrected chi connectivity index (χ0v) is 11.4. The summed E-state index contributed by atoms with van der Waals surface area (Å²) in [5.74, 6) is 0.813. The Bertz CT molecular complexity index is 524. The molecule has 0 aromatic carbocycles. The van der Waals surface area contributed by atoms with Gasteiger partial charge in [-0.1, -0.05) is 12.2 Å². The highest BCUT2D eigenvalue weighted by Crippen LogP contribution is 2.07. The number of aromatic nitrogens is 3. The maximum Gasteiger partial charge on any atom is 0.126 e. The van der Waals surface area contributed by atoms with Crippen molar-refractivity contribution in [2.45, 2.75) is 19.4 Å². The molecule has 0 saturated heterocycles. The van der Waals surface area contributed by atoms with Crippen LogP contribution in [0.5, 0.6) is 0 Å². The Kier molecular flexibility index (Phi) is 4.85. The van der Waals surface area contributed by atoms with Crippen LogP contribution in [-0.2, 0) is 6.54 Å². The van der Waals surface area contributed by atoms with Crippen LogP contribution in [0.25, 0.3) is 0 Å². The first-order chi connectivity index (χ1) is 9.25. The van der Waals surface area contributed by atoms with Crippen LogP contribution in [0, 0.1) is 0 Å². The lowest BCUT2D eigenvalue weighted by molar-refractivity contribution is 0.620. The standard InChI is InChI=1S/C13H17N5S/c14-13(19)11-3-5-17-12(9-11)16-4-1-2-7-18-8-6-15-10-18/h3,5-6,8-10H,1-2,4,7H2,(H2,14,19)(H,16,17). The number of hydrogen-bond donors (Lipinski definition) is 2. The molecule has 0 atom stereocenters. The summed E-state index contributed by atoms with van der Waals surface area (Å²) < 4.78 is 2.08. The van der Waals surface area contributed by atoms with Gasteiger partial charge in [-0.25, -0.2) is 9.97 Å². The molecule has 5 nitrogen and oxygen atoms in total. The van der Waals surface area contributed by atoms with Crippen LogP contribution in [0.15, 0.2) is 37.1 Å². The smallest absolute Gasteiger partial charge is 0.126 e. The van der Waals surface area contributed by atoms with Gasteiger partial charge in [-0.2, -0.15) is 0 Å². The number of thiocarbonyl (C=S) groups is 1. The zero-order valence-electron chi connectivity index (χ0n) is 10.6. The average Bonchev–Trinajstić information content (AvgIpc) is 2.92. The first-order valence-electron chi connectivity index (χ1n) is 6.21. The quantitative estimate of drug-likeness (QED) is 0.596. The fourth-order valence-electron chi connectivity index (χ4n) is 1.74. The van der Waals surface area contributed by atoms with E-state index in [0.717, 1.165) is 37.3 Å². The van der Waals surface area contributed by atoms with Gasteiger partial charge in [0.05, 0.1) is 6.33 Å². The van der Waals surface area contributed by atoms with E-state index in [0.29, 0.717) is 4.99 Å². The minimum atomic E-state index is 0.394. The van der Waals surface area contributed by atoms with Gasteiger partial charge in [-0.15, -0.1) is 0 Å². The first-order valence-corrected chi connectivity index (χ1v) is 6.62. The molecular weight excluding hydrogens is 258 g/mol. The molecule has 100 valence electrons. The predicted octanol–water partition coefficient (Wildman–Crippen LogP) is 1.80. The van der Waals surface area contributed by atoms with E-state index in [2.05, 4.69) is 19.9 Å². The number of nitrogens with zero attached hydrogens (tertiary/aromatic N) is 3. The molecule has 0 fully saturated rings. The molecule has 2 heterocycles. The number of aryl methyl sites for hydroxylation is 1. The van der Waals surface area contributed by atoms with E-state index < -0.39 is 0 Å². The van der Waals surface area contributed by atoms with Crippen LogP contribution in [0.4, 0.5) is 5.82 Å². The molecule has 0 unspecified atom stereocenters. The van der Waals surface area contributed by atoms with Crippen molar-refractivity contribution in [3.8, 4) is 0 Å². The summed E-state index contributed by atoms with van der Waals surface area (Å²) in [6, 6.07) is 3.69. The van der Waals surface area contributed by atoms with E-state index in [1.165, 1.54) is 0 Å². The third-order valence-electron chi connectivity index (χ3n) is 2.75. The van der Waals surface area contributed by atoms with Gasteiger partial charge in [0.2, 0.25) is 0 Å². The molecule has 0 aliphatic heterocycles.